The van der Waals surface area contributed by atoms with E-state index in [-0.39, 0.29) is 17.5 Å². The molecule has 1 aliphatic rings. The second kappa shape index (κ2) is 9.32. The number of hydrogen-bond acceptors (Lipinski definition) is 2. The third kappa shape index (κ3) is 4.66. The smallest absolute Gasteiger partial charge is 0.262 e. The van der Waals surface area contributed by atoms with E-state index >= 15 is 0 Å². The number of halogens is 1. The van der Waals surface area contributed by atoms with Crippen molar-refractivity contribution in [1.82, 2.24) is 9.88 Å². The van der Waals surface area contributed by atoms with Crippen LogP contribution in [-0.4, -0.2) is 16.5 Å². The number of nitriles is 1. The zero-order valence-corrected chi connectivity index (χ0v) is 18.4. The van der Waals surface area contributed by atoms with E-state index in [1.807, 2.05) is 36.5 Å². The molecule has 1 N–H and O–H groups in total. The van der Waals surface area contributed by atoms with Crippen LogP contribution in [0.4, 0.5) is 0 Å². The van der Waals surface area contributed by atoms with Crippen molar-refractivity contribution in [3.05, 3.63) is 75.9 Å². The van der Waals surface area contributed by atoms with Gasteiger partial charge in [0, 0.05) is 39.7 Å². The molecule has 0 atom stereocenters. The van der Waals surface area contributed by atoms with Crippen LogP contribution >= 0.6 is 15.9 Å². The summed E-state index contributed by atoms with van der Waals surface area (Å²) in [5.74, 6) is -0.269. The monoisotopic (exact) mass is 461 g/mol. The summed E-state index contributed by atoms with van der Waals surface area (Å²) in [5.41, 5.74) is 3.31. The Morgan fingerprint density at radius 3 is 2.60 bits per heavy atom. The lowest BCUT2D eigenvalue weighted by molar-refractivity contribution is -0.117. The van der Waals surface area contributed by atoms with Crippen LogP contribution in [-0.2, 0) is 11.3 Å². The minimum absolute atomic E-state index is 0.159. The van der Waals surface area contributed by atoms with Crippen molar-refractivity contribution >= 4 is 38.8 Å². The molecule has 0 unspecified atom stereocenters. The highest BCUT2D eigenvalue weighted by Crippen LogP contribution is 2.25. The average Bonchev–Trinajstić information content (AvgIpc) is 3.11. The Kier molecular flexibility index (Phi) is 6.35. The van der Waals surface area contributed by atoms with Gasteiger partial charge in [-0.2, -0.15) is 5.26 Å². The van der Waals surface area contributed by atoms with Gasteiger partial charge in [-0.3, -0.25) is 4.79 Å². The van der Waals surface area contributed by atoms with E-state index in [1.54, 1.807) is 6.08 Å². The molecule has 1 aromatic heterocycles. The van der Waals surface area contributed by atoms with Crippen LogP contribution in [0.2, 0.25) is 0 Å². The van der Waals surface area contributed by atoms with Gasteiger partial charge in [-0.05, 0) is 42.7 Å². The number of carbonyl (C=O) groups is 1. The average molecular weight is 462 g/mol. The zero-order valence-electron chi connectivity index (χ0n) is 16.8. The highest BCUT2D eigenvalue weighted by molar-refractivity contribution is 9.10. The Balaban J connectivity index is 1.63. The molecule has 1 amide bonds. The summed E-state index contributed by atoms with van der Waals surface area (Å²) >= 11 is 3.48. The van der Waals surface area contributed by atoms with Crippen molar-refractivity contribution in [2.24, 2.45) is 0 Å². The summed E-state index contributed by atoms with van der Waals surface area (Å²) in [6, 6.07) is 18.6. The number of rotatable bonds is 5. The summed E-state index contributed by atoms with van der Waals surface area (Å²) in [7, 11) is 0. The minimum Gasteiger partial charge on any atom is -0.349 e. The molecule has 0 radical (unpaired) electrons. The van der Waals surface area contributed by atoms with Gasteiger partial charge in [0.15, 0.2) is 0 Å². The molecule has 2 aromatic carbocycles. The molecule has 1 aliphatic carbocycles. The molecule has 30 heavy (non-hydrogen) atoms. The van der Waals surface area contributed by atoms with Crippen LogP contribution in [0.25, 0.3) is 17.0 Å². The standard InChI is InChI=1S/C25H24BrN3O/c26-21-12-10-18(11-13-21)16-29-17-20(23-8-4-5-9-24(23)29)14-19(15-27)25(30)28-22-6-2-1-3-7-22/h4-5,8-14,17,22H,1-3,6-7,16H2,(H,28,30)/b19-14-. The Bertz CT molecular complexity index is 1120. The van der Waals surface area contributed by atoms with Crippen LogP contribution in [0.5, 0.6) is 0 Å². The van der Waals surface area contributed by atoms with Crippen LogP contribution in [0, 0.1) is 11.3 Å². The number of benzene rings is 2. The van der Waals surface area contributed by atoms with Crippen molar-refractivity contribution < 1.29 is 4.79 Å². The van der Waals surface area contributed by atoms with Gasteiger partial charge in [-0.1, -0.05) is 65.5 Å². The van der Waals surface area contributed by atoms with E-state index in [0.29, 0.717) is 0 Å². The molecule has 0 saturated heterocycles. The zero-order chi connectivity index (χ0) is 20.9. The fraction of sp³-hybridized carbons (Fsp3) is 0.280. The van der Waals surface area contributed by atoms with Gasteiger partial charge < -0.3 is 9.88 Å². The van der Waals surface area contributed by atoms with Crippen molar-refractivity contribution in [1.29, 1.82) is 5.26 Å². The second-order valence-electron chi connectivity index (χ2n) is 7.83. The first-order chi connectivity index (χ1) is 14.6. The number of hydrogen-bond donors (Lipinski definition) is 1. The number of carbonyl (C=O) groups excluding carboxylic acids is 1. The lowest BCUT2D eigenvalue weighted by atomic mass is 9.95. The Hall–Kier alpha value is -2.84. The third-order valence-corrected chi connectivity index (χ3v) is 6.22. The summed E-state index contributed by atoms with van der Waals surface area (Å²) in [5, 5.41) is 13.7. The number of nitrogens with one attached hydrogen (secondary N) is 1. The largest absolute Gasteiger partial charge is 0.349 e. The molecule has 0 spiro atoms. The minimum atomic E-state index is -0.269. The Labute approximate surface area is 185 Å². The fourth-order valence-electron chi connectivity index (χ4n) is 4.12. The van der Waals surface area contributed by atoms with Gasteiger partial charge >= 0.3 is 0 Å². The quantitative estimate of drug-likeness (QED) is 0.385. The first kappa shape index (κ1) is 20.4. The lowest BCUT2D eigenvalue weighted by Gasteiger charge is -2.22. The van der Waals surface area contributed by atoms with Crippen molar-refractivity contribution in [2.45, 2.75) is 44.7 Å². The van der Waals surface area contributed by atoms with Crippen molar-refractivity contribution in [2.75, 3.05) is 0 Å². The molecule has 0 aliphatic heterocycles. The van der Waals surface area contributed by atoms with Crippen LogP contribution in [0.15, 0.2) is 64.8 Å². The number of fused-ring (bicyclic) bond motifs is 1. The van der Waals surface area contributed by atoms with Gasteiger partial charge in [0.05, 0.1) is 0 Å². The summed E-state index contributed by atoms with van der Waals surface area (Å²) in [6.07, 6.45) is 9.25. The number of para-hydroxylation sites is 1. The van der Waals surface area contributed by atoms with Gasteiger partial charge in [-0.15, -0.1) is 0 Å². The maximum atomic E-state index is 12.7. The Morgan fingerprint density at radius 1 is 1.13 bits per heavy atom. The van der Waals surface area contributed by atoms with E-state index in [1.165, 1.54) is 12.0 Å². The summed E-state index contributed by atoms with van der Waals surface area (Å²) < 4.78 is 3.22. The molecule has 4 nitrogen and oxygen atoms in total. The number of aromatic nitrogens is 1. The van der Waals surface area contributed by atoms with E-state index in [9.17, 15) is 10.1 Å². The lowest BCUT2D eigenvalue weighted by Crippen LogP contribution is -2.36. The molecule has 5 heteroatoms. The van der Waals surface area contributed by atoms with Gasteiger partial charge in [0.25, 0.3) is 5.91 Å². The van der Waals surface area contributed by atoms with Crippen LogP contribution < -0.4 is 5.32 Å². The molecule has 1 fully saturated rings. The first-order valence-electron chi connectivity index (χ1n) is 10.4. The maximum absolute atomic E-state index is 12.7. The van der Waals surface area contributed by atoms with E-state index in [4.69, 9.17) is 0 Å². The first-order valence-corrected chi connectivity index (χ1v) is 11.2. The van der Waals surface area contributed by atoms with Crippen LogP contribution in [0.1, 0.15) is 43.2 Å². The summed E-state index contributed by atoms with van der Waals surface area (Å²) in [4.78, 5) is 12.7. The molecule has 1 saturated carbocycles. The highest BCUT2D eigenvalue weighted by atomic mass is 79.9. The van der Waals surface area contributed by atoms with Gasteiger partial charge in [0.2, 0.25) is 0 Å². The Morgan fingerprint density at radius 2 is 1.87 bits per heavy atom. The fourth-order valence-corrected chi connectivity index (χ4v) is 4.39. The summed E-state index contributed by atoms with van der Waals surface area (Å²) in [6.45, 7) is 0.720. The third-order valence-electron chi connectivity index (χ3n) is 5.69. The van der Waals surface area contributed by atoms with E-state index in [0.717, 1.165) is 53.2 Å². The molecular weight excluding hydrogens is 438 g/mol. The van der Waals surface area contributed by atoms with E-state index < -0.39 is 0 Å². The predicted molar refractivity (Wildman–Crippen MR) is 124 cm³/mol. The van der Waals surface area contributed by atoms with Gasteiger partial charge in [-0.25, -0.2) is 0 Å². The molecule has 3 aromatic rings. The maximum Gasteiger partial charge on any atom is 0.262 e. The van der Waals surface area contributed by atoms with Crippen molar-refractivity contribution in [3.8, 4) is 6.07 Å². The van der Waals surface area contributed by atoms with E-state index in [2.05, 4.69) is 50.1 Å². The number of amides is 1. The molecule has 1 heterocycles. The van der Waals surface area contributed by atoms with Gasteiger partial charge in [0.1, 0.15) is 11.6 Å². The normalized spacial score (nSPS) is 15.1. The predicted octanol–water partition coefficient (Wildman–Crippen LogP) is 5.81. The molecule has 0 bridgehead atoms. The molecular formula is C25H24BrN3O. The second-order valence-corrected chi connectivity index (χ2v) is 8.75. The topological polar surface area (TPSA) is 57.8 Å². The SMILES string of the molecule is N#C/C(=C/c1cn(Cc2ccc(Br)cc2)c2ccccc12)C(=O)NC1CCCCC1. The molecule has 152 valence electrons. The highest BCUT2D eigenvalue weighted by Gasteiger charge is 2.18. The van der Waals surface area contributed by atoms with Crippen molar-refractivity contribution in [3.63, 3.8) is 0 Å². The molecule has 4 rings (SSSR count). The van der Waals surface area contributed by atoms with Crippen LogP contribution in [0.3, 0.4) is 0 Å². The number of nitrogens with zero attached hydrogens (tertiary/aromatic N) is 2.